The van der Waals surface area contributed by atoms with Gasteiger partial charge in [0.15, 0.2) is 0 Å². The van der Waals surface area contributed by atoms with Crippen molar-refractivity contribution in [2.75, 3.05) is 18.9 Å². The minimum absolute atomic E-state index is 0.0784. The molecule has 0 amide bonds. The molecule has 4 aromatic heterocycles. The Balaban J connectivity index is 1.64. The van der Waals surface area contributed by atoms with E-state index in [2.05, 4.69) is 52.1 Å². The van der Waals surface area contributed by atoms with Gasteiger partial charge in [0, 0.05) is 36.1 Å². The standard InChI is InChI=1S/C27H37N7O/c1-7-23(26(2,3)17-28-6)32-24-10-8-9-21(31-24)22-14-29-25-12-11-19(16-34(22)25)20-13-30-33(15-20)18-27(4,5)35/h8-16,23,28,35H,7,17-18H2,1-6H3,(H,31,32). The van der Waals surface area contributed by atoms with Crippen LogP contribution in [0.2, 0.25) is 0 Å². The van der Waals surface area contributed by atoms with Crippen LogP contribution in [0.3, 0.4) is 0 Å². The number of pyridine rings is 2. The average Bonchev–Trinajstić information content (AvgIpc) is 3.43. The van der Waals surface area contributed by atoms with E-state index in [-0.39, 0.29) is 11.5 Å². The van der Waals surface area contributed by atoms with Gasteiger partial charge in [-0.3, -0.25) is 9.08 Å². The molecular weight excluding hydrogens is 438 g/mol. The maximum atomic E-state index is 10.1. The molecule has 0 bridgehead atoms. The van der Waals surface area contributed by atoms with Gasteiger partial charge in [-0.15, -0.1) is 0 Å². The Kier molecular flexibility index (Phi) is 6.96. The summed E-state index contributed by atoms with van der Waals surface area (Å²) < 4.78 is 3.84. The largest absolute Gasteiger partial charge is 0.389 e. The molecule has 0 aromatic carbocycles. The Bertz CT molecular complexity index is 1280. The number of nitrogens with zero attached hydrogens (tertiary/aromatic N) is 5. The third-order valence-corrected chi connectivity index (χ3v) is 6.34. The van der Waals surface area contributed by atoms with Crippen molar-refractivity contribution in [3.05, 3.63) is 55.1 Å². The van der Waals surface area contributed by atoms with E-state index in [4.69, 9.17) is 4.98 Å². The van der Waals surface area contributed by atoms with Gasteiger partial charge in [0.25, 0.3) is 0 Å². The molecule has 0 aliphatic rings. The van der Waals surface area contributed by atoms with Crippen molar-refractivity contribution < 1.29 is 5.11 Å². The average molecular weight is 476 g/mol. The highest BCUT2D eigenvalue weighted by molar-refractivity contribution is 5.67. The summed E-state index contributed by atoms with van der Waals surface area (Å²) in [5.74, 6) is 0.859. The van der Waals surface area contributed by atoms with Gasteiger partial charge in [-0.2, -0.15) is 5.10 Å². The van der Waals surface area contributed by atoms with Crippen molar-refractivity contribution in [2.24, 2.45) is 5.41 Å². The second-order valence-electron chi connectivity index (χ2n) is 10.6. The first-order valence-electron chi connectivity index (χ1n) is 12.2. The molecule has 0 fully saturated rings. The molecule has 0 spiro atoms. The summed E-state index contributed by atoms with van der Waals surface area (Å²) in [6, 6.07) is 10.4. The number of hydrogen-bond donors (Lipinski definition) is 3. The zero-order chi connectivity index (χ0) is 25.2. The van der Waals surface area contributed by atoms with Crippen LogP contribution in [0.15, 0.2) is 55.1 Å². The van der Waals surface area contributed by atoms with Crippen molar-refractivity contribution in [2.45, 2.75) is 59.2 Å². The molecule has 0 aliphatic carbocycles. The number of hydrogen-bond acceptors (Lipinski definition) is 6. The molecule has 0 saturated heterocycles. The number of aliphatic hydroxyl groups is 1. The zero-order valence-electron chi connectivity index (χ0n) is 21.6. The van der Waals surface area contributed by atoms with Gasteiger partial charge in [0.05, 0.1) is 35.9 Å². The Morgan fingerprint density at radius 3 is 2.54 bits per heavy atom. The van der Waals surface area contributed by atoms with Crippen LogP contribution >= 0.6 is 0 Å². The van der Waals surface area contributed by atoms with Crippen molar-refractivity contribution in [3.8, 4) is 22.5 Å². The monoisotopic (exact) mass is 475 g/mol. The molecule has 4 rings (SSSR count). The summed E-state index contributed by atoms with van der Waals surface area (Å²) in [5.41, 5.74) is 3.90. The third kappa shape index (κ3) is 5.71. The predicted molar refractivity (Wildman–Crippen MR) is 141 cm³/mol. The summed E-state index contributed by atoms with van der Waals surface area (Å²) >= 11 is 0. The van der Waals surface area contributed by atoms with Gasteiger partial charge in [-0.1, -0.05) is 26.8 Å². The smallest absolute Gasteiger partial charge is 0.137 e. The topological polar surface area (TPSA) is 92.3 Å². The molecule has 0 saturated carbocycles. The molecule has 1 atom stereocenters. The van der Waals surface area contributed by atoms with E-state index in [1.807, 2.05) is 56.0 Å². The van der Waals surface area contributed by atoms with Crippen molar-refractivity contribution in [3.63, 3.8) is 0 Å². The Hall–Kier alpha value is -3.23. The van der Waals surface area contributed by atoms with Crippen LogP contribution in [-0.4, -0.2) is 54.5 Å². The summed E-state index contributed by atoms with van der Waals surface area (Å²) in [6.45, 7) is 11.6. The number of rotatable bonds is 10. The molecule has 1 unspecified atom stereocenters. The lowest BCUT2D eigenvalue weighted by atomic mass is 9.82. The summed E-state index contributed by atoms with van der Waals surface area (Å²) in [4.78, 5) is 9.53. The lowest BCUT2D eigenvalue weighted by Gasteiger charge is -2.34. The van der Waals surface area contributed by atoms with Gasteiger partial charge < -0.3 is 15.7 Å². The first-order valence-corrected chi connectivity index (χ1v) is 12.2. The Morgan fingerprint density at radius 2 is 1.83 bits per heavy atom. The highest BCUT2D eigenvalue weighted by Crippen LogP contribution is 2.28. The lowest BCUT2D eigenvalue weighted by Crippen LogP contribution is -2.42. The van der Waals surface area contributed by atoms with Crippen LogP contribution in [0.5, 0.6) is 0 Å². The lowest BCUT2D eigenvalue weighted by molar-refractivity contribution is 0.0577. The van der Waals surface area contributed by atoms with E-state index in [9.17, 15) is 5.11 Å². The maximum absolute atomic E-state index is 10.1. The van der Waals surface area contributed by atoms with E-state index >= 15 is 0 Å². The maximum Gasteiger partial charge on any atom is 0.137 e. The van der Waals surface area contributed by atoms with E-state index in [0.717, 1.165) is 46.9 Å². The molecule has 35 heavy (non-hydrogen) atoms. The number of imidazole rings is 1. The van der Waals surface area contributed by atoms with Gasteiger partial charge >= 0.3 is 0 Å². The van der Waals surface area contributed by atoms with Crippen molar-refractivity contribution in [1.82, 2.24) is 29.5 Å². The van der Waals surface area contributed by atoms with Crippen LogP contribution in [0.4, 0.5) is 5.82 Å². The molecule has 8 nitrogen and oxygen atoms in total. The fraction of sp³-hybridized carbons (Fsp3) is 0.444. The molecule has 186 valence electrons. The number of nitrogens with one attached hydrogen (secondary N) is 2. The van der Waals surface area contributed by atoms with Gasteiger partial charge in [0.2, 0.25) is 0 Å². The van der Waals surface area contributed by atoms with Gasteiger partial charge in [0.1, 0.15) is 11.5 Å². The third-order valence-electron chi connectivity index (χ3n) is 6.34. The highest BCUT2D eigenvalue weighted by Gasteiger charge is 2.27. The van der Waals surface area contributed by atoms with Gasteiger partial charge in [-0.05, 0) is 57.0 Å². The quantitative estimate of drug-likeness (QED) is 0.313. The van der Waals surface area contributed by atoms with Crippen molar-refractivity contribution >= 4 is 11.5 Å². The molecule has 0 aliphatic heterocycles. The SMILES string of the molecule is CCC(Nc1cccc(-c2cnc3ccc(-c4cnn(CC(C)(C)O)c4)cn23)n1)C(C)(C)CNC. The summed E-state index contributed by atoms with van der Waals surface area (Å²) in [6.07, 6.45) is 8.71. The second kappa shape index (κ2) is 9.79. The first-order chi connectivity index (χ1) is 16.6. The molecule has 0 radical (unpaired) electrons. The fourth-order valence-electron chi connectivity index (χ4n) is 4.60. The molecule has 8 heteroatoms. The molecule has 4 aromatic rings. The predicted octanol–water partition coefficient (Wildman–Crippen LogP) is 4.47. The molecule has 4 heterocycles. The first kappa shape index (κ1) is 24.9. The minimum Gasteiger partial charge on any atom is -0.389 e. The Morgan fingerprint density at radius 1 is 1.03 bits per heavy atom. The van der Waals surface area contributed by atoms with E-state index < -0.39 is 5.60 Å². The summed E-state index contributed by atoms with van der Waals surface area (Å²) in [5, 5.41) is 21.5. The fourth-order valence-corrected chi connectivity index (χ4v) is 4.60. The Labute approximate surface area is 207 Å². The van der Waals surface area contributed by atoms with E-state index in [1.54, 1.807) is 18.5 Å². The van der Waals surface area contributed by atoms with Crippen LogP contribution < -0.4 is 10.6 Å². The number of anilines is 1. The van der Waals surface area contributed by atoms with Crippen LogP contribution in [-0.2, 0) is 6.54 Å². The van der Waals surface area contributed by atoms with E-state index in [0.29, 0.717) is 6.54 Å². The normalized spacial score (nSPS) is 13.3. The second-order valence-corrected chi connectivity index (χ2v) is 10.6. The van der Waals surface area contributed by atoms with Crippen molar-refractivity contribution in [1.29, 1.82) is 0 Å². The number of aromatic nitrogens is 5. The van der Waals surface area contributed by atoms with Crippen LogP contribution in [0.1, 0.15) is 41.0 Å². The minimum atomic E-state index is -0.825. The summed E-state index contributed by atoms with van der Waals surface area (Å²) in [7, 11) is 1.99. The van der Waals surface area contributed by atoms with Crippen LogP contribution in [0.25, 0.3) is 28.2 Å². The van der Waals surface area contributed by atoms with Gasteiger partial charge in [-0.25, -0.2) is 9.97 Å². The molecule has 3 N–H and O–H groups in total. The zero-order valence-corrected chi connectivity index (χ0v) is 21.6. The molecular formula is C27H37N7O. The van der Waals surface area contributed by atoms with E-state index in [1.165, 1.54) is 0 Å². The number of fused-ring (bicyclic) bond motifs is 1. The highest BCUT2D eigenvalue weighted by atomic mass is 16.3. The van der Waals surface area contributed by atoms with Crippen LogP contribution in [0, 0.1) is 5.41 Å².